The molecule has 3 aromatic carbocycles. The zero-order chi connectivity index (χ0) is 28.7. The monoisotopic (exact) mass is 589 g/mol. The largest absolute Gasteiger partial charge is 0.352 e. The molecule has 0 saturated carbocycles. The Bertz CT molecular complexity index is 1400. The van der Waals surface area contributed by atoms with Crippen molar-refractivity contribution in [2.45, 2.75) is 57.6 Å². The van der Waals surface area contributed by atoms with Gasteiger partial charge in [0.05, 0.1) is 10.6 Å². The summed E-state index contributed by atoms with van der Waals surface area (Å²) >= 11 is 12.4. The Morgan fingerprint density at radius 1 is 0.923 bits per heavy atom. The van der Waals surface area contributed by atoms with Crippen molar-refractivity contribution in [2.24, 2.45) is 0 Å². The van der Waals surface area contributed by atoms with E-state index < -0.39 is 28.5 Å². The van der Waals surface area contributed by atoms with Gasteiger partial charge in [-0.3, -0.25) is 13.9 Å². The molecule has 0 spiro atoms. The summed E-state index contributed by atoms with van der Waals surface area (Å²) in [5, 5.41) is 3.36. The molecule has 0 saturated heterocycles. The Morgan fingerprint density at radius 3 is 2.10 bits per heavy atom. The number of anilines is 1. The Kier molecular flexibility index (Phi) is 10.4. The van der Waals surface area contributed by atoms with E-state index in [0.29, 0.717) is 0 Å². The number of nitrogens with zero attached hydrogens (tertiary/aromatic N) is 2. The van der Waals surface area contributed by atoms with Crippen molar-refractivity contribution in [1.29, 1.82) is 0 Å². The van der Waals surface area contributed by atoms with Crippen LogP contribution in [-0.2, 0) is 26.2 Å². The van der Waals surface area contributed by atoms with Gasteiger partial charge in [0, 0.05) is 22.6 Å². The van der Waals surface area contributed by atoms with Crippen LogP contribution in [0.4, 0.5) is 5.69 Å². The van der Waals surface area contributed by atoms with Gasteiger partial charge in [0.25, 0.3) is 10.0 Å². The van der Waals surface area contributed by atoms with Gasteiger partial charge in [0.15, 0.2) is 0 Å². The predicted molar refractivity (Wildman–Crippen MR) is 157 cm³/mol. The van der Waals surface area contributed by atoms with Crippen molar-refractivity contribution in [3.8, 4) is 0 Å². The van der Waals surface area contributed by atoms with Gasteiger partial charge in [0.2, 0.25) is 11.8 Å². The van der Waals surface area contributed by atoms with Gasteiger partial charge >= 0.3 is 0 Å². The van der Waals surface area contributed by atoms with E-state index in [1.807, 2.05) is 45.0 Å². The van der Waals surface area contributed by atoms with Gasteiger partial charge in [-0.2, -0.15) is 0 Å². The molecule has 0 aliphatic carbocycles. The van der Waals surface area contributed by atoms with Crippen LogP contribution in [0, 0.1) is 6.92 Å². The first kappa shape index (κ1) is 30.5. The molecule has 3 rings (SSSR count). The maximum absolute atomic E-state index is 14.0. The van der Waals surface area contributed by atoms with Crippen LogP contribution in [0.5, 0.6) is 0 Å². The smallest absolute Gasteiger partial charge is 0.264 e. The summed E-state index contributed by atoms with van der Waals surface area (Å²) in [4.78, 5) is 28.5. The number of aryl methyl sites for hydroxylation is 1. The molecule has 208 valence electrons. The summed E-state index contributed by atoms with van der Waals surface area (Å²) in [5.74, 6) is -0.879. The first-order valence-corrected chi connectivity index (χ1v) is 14.8. The molecule has 0 bridgehead atoms. The molecule has 0 unspecified atom stereocenters. The summed E-state index contributed by atoms with van der Waals surface area (Å²) < 4.78 is 28.6. The highest BCUT2D eigenvalue weighted by molar-refractivity contribution is 7.92. The molecule has 1 N–H and O–H groups in total. The van der Waals surface area contributed by atoms with E-state index in [9.17, 15) is 18.0 Å². The van der Waals surface area contributed by atoms with Gasteiger partial charge in [-0.25, -0.2) is 8.42 Å². The SMILES string of the molecule is CC[C@H](C)NC(=O)[C@@H](C)N(Cc1ccccc1C)C(=O)CN(c1cc(Cl)cc(Cl)c1)S(=O)(=O)c1ccccc1. The maximum Gasteiger partial charge on any atom is 0.264 e. The van der Waals surface area contributed by atoms with Crippen molar-refractivity contribution in [3.05, 3.63) is 94.0 Å². The number of halogens is 2. The minimum Gasteiger partial charge on any atom is -0.352 e. The average Bonchev–Trinajstić information content (AvgIpc) is 2.90. The lowest BCUT2D eigenvalue weighted by Crippen LogP contribution is -2.52. The van der Waals surface area contributed by atoms with Crippen LogP contribution in [0.3, 0.4) is 0 Å². The molecular formula is C29H33Cl2N3O4S. The molecule has 0 aliphatic rings. The van der Waals surface area contributed by atoms with E-state index in [4.69, 9.17) is 23.2 Å². The molecule has 2 amide bonds. The minimum atomic E-state index is -4.20. The Hall–Kier alpha value is -3.07. The predicted octanol–water partition coefficient (Wildman–Crippen LogP) is 5.83. The second-order valence-electron chi connectivity index (χ2n) is 9.39. The Morgan fingerprint density at radius 2 is 1.51 bits per heavy atom. The second kappa shape index (κ2) is 13.3. The standard InChI is InChI=1S/C29H33Cl2N3O4S/c1-5-21(3)32-29(36)22(4)33(18-23-12-10-9-11-20(23)2)28(35)19-34(26-16-24(30)15-25(31)17-26)39(37,38)27-13-7-6-8-14-27/h6-17,21-22H,5,18-19H2,1-4H3,(H,32,36)/t21-,22+/m0/s1. The average molecular weight is 591 g/mol. The quantitative estimate of drug-likeness (QED) is 0.305. The number of carbonyl (C=O) groups is 2. The van der Waals surface area contributed by atoms with Gasteiger partial charge in [-0.1, -0.05) is 72.6 Å². The van der Waals surface area contributed by atoms with Crippen LogP contribution in [0.1, 0.15) is 38.3 Å². The molecule has 0 fully saturated rings. The van der Waals surface area contributed by atoms with E-state index >= 15 is 0 Å². The van der Waals surface area contributed by atoms with E-state index in [2.05, 4.69) is 5.32 Å². The van der Waals surface area contributed by atoms with E-state index in [-0.39, 0.29) is 39.1 Å². The van der Waals surface area contributed by atoms with Crippen molar-refractivity contribution < 1.29 is 18.0 Å². The number of hydrogen-bond acceptors (Lipinski definition) is 4. The highest BCUT2D eigenvalue weighted by Gasteiger charge is 2.33. The van der Waals surface area contributed by atoms with Crippen LogP contribution < -0.4 is 9.62 Å². The Balaban J connectivity index is 2.06. The van der Waals surface area contributed by atoms with Crippen LogP contribution in [-0.4, -0.2) is 43.8 Å². The number of sulfonamides is 1. The fraction of sp³-hybridized carbons (Fsp3) is 0.310. The van der Waals surface area contributed by atoms with Crippen LogP contribution in [0.2, 0.25) is 10.0 Å². The highest BCUT2D eigenvalue weighted by atomic mass is 35.5. The van der Waals surface area contributed by atoms with Gasteiger partial charge < -0.3 is 10.2 Å². The second-order valence-corrected chi connectivity index (χ2v) is 12.1. The third-order valence-electron chi connectivity index (χ3n) is 6.52. The zero-order valence-corrected chi connectivity index (χ0v) is 24.7. The summed E-state index contributed by atoms with van der Waals surface area (Å²) in [6, 6.07) is 18.8. The van der Waals surface area contributed by atoms with Crippen molar-refractivity contribution >= 4 is 50.7 Å². The highest BCUT2D eigenvalue weighted by Crippen LogP contribution is 2.30. The van der Waals surface area contributed by atoms with Crippen LogP contribution in [0.25, 0.3) is 0 Å². The molecule has 3 aromatic rings. The number of hydrogen-bond donors (Lipinski definition) is 1. The molecule has 39 heavy (non-hydrogen) atoms. The number of carbonyl (C=O) groups excluding carboxylic acids is 2. The van der Waals surface area contributed by atoms with E-state index in [1.54, 1.807) is 25.1 Å². The molecule has 2 atom stereocenters. The minimum absolute atomic E-state index is 0.00177. The van der Waals surface area contributed by atoms with Crippen molar-refractivity contribution in [3.63, 3.8) is 0 Å². The zero-order valence-electron chi connectivity index (χ0n) is 22.4. The normalized spacial score (nSPS) is 12.9. The molecule has 10 heteroatoms. The molecule has 0 aromatic heterocycles. The number of amides is 2. The van der Waals surface area contributed by atoms with Gasteiger partial charge in [0.1, 0.15) is 12.6 Å². The van der Waals surface area contributed by atoms with Crippen molar-refractivity contribution in [1.82, 2.24) is 10.2 Å². The van der Waals surface area contributed by atoms with Crippen molar-refractivity contribution in [2.75, 3.05) is 10.8 Å². The lowest BCUT2D eigenvalue weighted by molar-refractivity contribution is -0.139. The maximum atomic E-state index is 14.0. The third kappa shape index (κ3) is 7.75. The summed E-state index contributed by atoms with van der Waals surface area (Å²) in [6.45, 7) is 6.95. The first-order valence-electron chi connectivity index (χ1n) is 12.6. The van der Waals surface area contributed by atoms with E-state index in [1.165, 1.54) is 35.2 Å². The lowest BCUT2D eigenvalue weighted by atomic mass is 10.1. The van der Waals surface area contributed by atoms with Gasteiger partial charge in [-0.05, 0) is 68.7 Å². The molecular weight excluding hydrogens is 557 g/mol. The topological polar surface area (TPSA) is 86.8 Å². The number of nitrogens with one attached hydrogen (secondary N) is 1. The fourth-order valence-electron chi connectivity index (χ4n) is 3.95. The number of rotatable bonds is 11. The lowest BCUT2D eigenvalue weighted by Gasteiger charge is -2.33. The number of benzene rings is 3. The van der Waals surface area contributed by atoms with Crippen LogP contribution in [0.15, 0.2) is 77.7 Å². The molecule has 0 radical (unpaired) electrons. The fourth-order valence-corrected chi connectivity index (χ4v) is 5.88. The first-order chi connectivity index (χ1) is 18.4. The Labute approximate surface area is 240 Å². The summed E-state index contributed by atoms with van der Waals surface area (Å²) in [5.41, 5.74) is 1.93. The molecule has 0 heterocycles. The van der Waals surface area contributed by atoms with Crippen LogP contribution >= 0.6 is 23.2 Å². The molecule has 0 aliphatic heterocycles. The van der Waals surface area contributed by atoms with Gasteiger partial charge in [-0.15, -0.1) is 0 Å². The molecule has 7 nitrogen and oxygen atoms in total. The van der Waals surface area contributed by atoms with E-state index in [0.717, 1.165) is 21.9 Å². The third-order valence-corrected chi connectivity index (χ3v) is 8.74. The summed E-state index contributed by atoms with van der Waals surface area (Å²) in [7, 11) is -4.20. The summed E-state index contributed by atoms with van der Waals surface area (Å²) in [6.07, 6.45) is 0.725.